The number of rotatable bonds is 6. The summed E-state index contributed by atoms with van der Waals surface area (Å²) < 4.78 is 7.16. The SMILES string of the molecule is CCOc1nc2ccc(C(=O)NCc3ccn(CC)n3)cc2[nH]1. The van der Waals surface area contributed by atoms with Crippen molar-refractivity contribution in [3.05, 3.63) is 41.7 Å². The normalized spacial score (nSPS) is 10.9. The molecule has 2 aromatic heterocycles. The van der Waals surface area contributed by atoms with Crippen LogP contribution in [0.1, 0.15) is 29.9 Å². The van der Waals surface area contributed by atoms with Crippen molar-refractivity contribution < 1.29 is 9.53 Å². The van der Waals surface area contributed by atoms with Crippen LogP contribution in [0.5, 0.6) is 6.01 Å². The summed E-state index contributed by atoms with van der Waals surface area (Å²) in [6.07, 6.45) is 1.90. The maximum Gasteiger partial charge on any atom is 0.294 e. The number of hydrogen-bond donors (Lipinski definition) is 2. The molecular weight excluding hydrogens is 294 g/mol. The van der Waals surface area contributed by atoms with Crippen LogP contribution in [0.2, 0.25) is 0 Å². The molecule has 0 aliphatic heterocycles. The van der Waals surface area contributed by atoms with Crippen molar-refractivity contribution in [2.75, 3.05) is 6.61 Å². The standard InChI is InChI=1S/C16H19N5O2/c1-3-21-8-7-12(20-21)10-17-15(22)11-5-6-13-14(9-11)19-16(18-13)23-4-2/h5-9H,3-4,10H2,1-2H3,(H,17,22)(H,18,19). The van der Waals surface area contributed by atoms with Crippen molar-refractivity contribution in [3.63, 3.8) is 0 Å². The van der Waals surface area contributed by atoms with Crippen molar-refractivity contribution in [1.82, 2.24) is 25.1 Å². The molecule has 0 atom stereocenters. The predicted molar refractivity (Wildman–Crippen MR) is 86.3 cm³/mol. The summed E-state index contributed by atoms with van der Waals surface area (Å²) in [7, 11) is 0. The molecule has 0 fully saturated rings. The largest absolute Gasteiger partial charge is 0.465 e. The number of H-pyrrole nitrogens is 1. The third-order valence-electron chi connectivity index (χ3n) is 3.45. The van der Waals surface area contributed by atoms with Gasteiger partial charge in [-0.15, -0.1) is 0 Å². The molecule has 0 saturated carbocycles. The van der Waals surface area contributed by atoms with Crippen LogP contribution in [0.3, 0.4) is 0 Å². The number of benzene rings is 1. The Morgan fingerprint density at radius 1 is 1.35 bits per heavy atom. The Kier molecular flexibility index (Phi) is 4.27. The Labute approximate surface area is 133 Å². The minimum Gasteiger partial charge on any atom is -0.465 e. The molecule has 7 heteroatoms. The average molecular weight is 313 g/mol. The van der Waals surface area contributed by atoms with E-state index >= 15 is 0 Å². The summed E-state index contributed by atoms with van der Waals surface area (Å²) in [5, 5.41) is 7.21. The van der Waals surface area contributed by atoms with E-state index in [0.717, 1.165) is 23.3 Å². The van der Waals surface area contributed by atoms with E-state index in [4.69, 9.17) is 4.74 Å². The minimum absolute atomic E-state index is 0.148. The van der Waals surface area contributed by atoms with Crippen molar-refractivity contribution in [2.24, 2.45) is 0 Å². The Morgan fingerprint density at radius 3 is 2.96 bits per heavy atom. The first-order chi connectivity index (χ1) is 11.2. The number of ether oxygens (including phenoxy) is 1. The topological polar surface area (TPSA) is 84.8 Å². The zero-order valence-corrected chi connectivity index (χ0v) is 13.2. The fourth-order valence-electron chi connectivity index (χ4n) is 2.28. The molecule has 0 unspecified atom stereocenters. The zero-order valence-electron chi connectivity index (χ0n) is 13.2. The molecule has 2 N–H and O–H groups in total. The molecule has 0 aliphatic rings. The third-order valence-corrected chi connectivity index (χ3v) is 3.45. The Bertz CT molecular complexity index is 821. The number of amides is 1. The van der Waals surface area contributed by atoms with Crippen LogP contribution in [-0.4, -0.2) is 32.3 Å². The van der Waals surface area contributed by atoms with Gasteiger partial charge in [-0.1, -0.05) is 0 Å². The van der Waals surface area contributed by atoms with Gasteiger partial charge in [0.1, 0.15) is 0 Å². The second-order valence-electron chi connectivity index (χ2n) is 5.05. The molecular formula is C16H19N5O2. The van der Waals surface area contributed by atoms with Crippen LogP contribution in [0.4, 0.5) is 0 Å². The summed E-state index contributed by atoms with van der Waals surface area (Å²) in [4.78, 5) is 19.6. The number of nitrogens with one attached hydrogen (secondary N) is 2. The highest BCUT2D eigenvalue weighted by Gasteiger charge is 2.10. The second kappa shape index (κ2) is 6.51. The van der Waals surface area contributed by atoms with Gasteiger partial charge < -0.3 is 15.0 Å². The monoisotopic (exact) mass is 313 g/mol. The number of aromatic amines is 1. The number of imidazole rings is 1. The smallest absolute Gasteiger partial charge is 0.294 e. The Morgan fingerprint density at radius 2 is 2.22 bits per heavy atom. The predicted octanol–water partition coefficient (Wildman–Crippen LogP) is 2.11. The van der Waals surface area contributed by atoms with Gasteiger partial charge in [0, 0.05) is 18.3 Å². The quantitative estimate of drug-likeness (QED) is 0.730. The van der Waals surface area contributed by atoms with E-state index in [1.165, 1.54) is 0 Å². The molecule has 7 nitrogen and oxygen atoms in total. The first-order valence-electron chi connectivity index (χ1n) is 7.62. The molecule has 0 saturated heterocycles. The van der Waals surface area contributed by atoms with Crippen LogP contribution < -0.4 is 10.1 Å². The lowest BCUT2D eigenvalue weighted by molar-refractivity contribution is 0.0950. The number of hydrogen-bond acceptors (Lipinski definition) is 4. The van der Waals surface area contributed by atoms with E-state index < -0.39 is 0 Å². The van der Waals surface area contributed by atoms with Crippen molar-refractivity contribution >= 4 is 16.9 Å². The molecule has 0 bridgehead atoms. The molecule has 23 heavy (non-hydrogen) atoms. The fourth-order valence-corrected chi connectivity index (χ4v) is 2.28. The van der Waals surface area contributed by atoms with Crippen LogP contribution in [-0.2, 0) is 13.1 Å². The molecule has 1 amide bonds. The van der Waals surface area contributed by atoms with Gasteiger partial charge in [0.25, 0.3) is 11.9 Å². The number of carbonyl (C=O) groups excluding carboxylic acids is 1. The maximum absolute atomic E-state index is 12.3. The highest BCUT2D eigenvalue weighted by Crippen LogP contribution is 2.17. The molecule has 3 aromatic rings. The van der Waals surface area contributed by atoms with Gasteiger partial charge >= 0.3 is 0 Å². The van der Waals surface area contributed by atoms with Crippen molar-refractivity contribution in [2.45, 2.75) is 26.9 Å². The van der Waals surface area contributed by atoms with Gasteiger partial charge in [0.2, 0.25) is 0 Å². The summed E-state index contributed by atoms with van der Waals surface area (Å²) in [5.74, 6) is -0.148. The molecule has 0 aliphatic carbocycles. The highest BCUT2D eigenvalue weighted by molar-refractivity contribution is 5.97. The van der Waals surface area contributed by atoms with Crippen molar-refractivity contribution in [1.29, 1.82) is 0 Å². The first kappa shape index (κ1) is 15.1. The first-order valence-corrected chi connectivity index (χ1v) is 7.62. The Hall–Kier alpha value is -2.83. The average Bonchev–Trinajstić information content (AvgIpc) is 3.18. The van der Waals surface area contributed by atoms with Gasteiger partial charge in [-0.25, -0.2) is 0 Å². The maximum atomic E-state index is 12.3. The van der Waals surface area contributed by atoms with Gasteiger partial charge in [-0.3, -0.25) is 9.48 Å². The molecule has 3 rings (SSSR count). The van der Waals surface area contributed by atoms with Crippen molar-refractivity contribution in [3.8, 4) is 6.01 Å². The van der Waals surface area contributed by atoms with E-state index in [2.05, 4.69) is 20.4 Å². The van der Waals surface area contributed by atoms with E-state index in [0.29, 0.717) is 24.7 Å². The highest BCUT2D eigenvalue weighted by atomic mass is 16.5. The minimum atomic E-state index is -0.148. The molecule has 2 heterocycles. The molecule has 1 aromatic carbocycles. The number of nitrogens with zero attached hydrogens (tertiary/aromatic N) is 3. The lowest BCUT2D eigenvalue weighted by Crippen LogP contribution is -2.23. The van der Waals surface area contributed by atoms with E-state index in [1.807, 2.05) is 30.8 Å². The second-order valence-corrected chi connectivity index (χ2v) is 5.05. The number of fused-ring (bicyclic) bond motifs is 1. The molecule has 120 valence electrons. The van der Waals surface area contributed by atoms with Crippen LogP contribution in [0.15, 0.2) is 30.5 Å². The van der Waals surface area contributed by atoms with E-state index in [-0.39, 0.29) is 5.91 Å². The third kappa shape index (κ3) is 3.33. The summed E-state index contributed by atoms with van der Waals surface area (Å²) >= 11 is 0. The molecule has 0 spiro atoms. The molecule has 0 radical (unpaired) electrons. The number of aryl methyl sites for hydroxylation is 1. The van der Waals surface area contributed by atoms with Gasteiger partial charge in [0.15, 0.2) is 0 Å². The Balaban J connectivity index is 1.69. The van der Waals surface area contributed by atoms with Gasteiger partial charge in [0.05, 0.1) is 29.9 Å². The number of carbonyl (C=O) groups is 1. The summed E-state index contributed by atoms with van der Waals surface area (Å²) in [6, 6.07) is 7.68. The van der Waals surface area contributed by atoms with Gasteiger partial charge in [-0.2, -0.15) is 10.1 Å². The lowest BCUT2D eigenvalue weighted by atomic mass is 10.2. The lowest BCUT2D eigenvalue weighted by Gasteiger charge is -2.03. The fraction of sp³-hybridized carbons (Fsp3) is 0.312. The van der Waals surface area contributed by atoms with E-state index in [1.54, 1.807) is 18.2 Å². The summed E-state index contributed by atoms with van der Waals surface area (Å²) in [6.45, 7) is 5.67. The summed E-state index contributed by atoms with van der Waals surface area (Å²) in [5.41, 5.74) is 2.95. The van der Waals surface area contributed by atoms with Crippen LogP contribution in [0, 0.1) is 0 Å². The van der Waals surface area contributed by atoms with Crippen LogP contribution in [0.25, 0.3) is 11.0 Å². The zero-order chi connectivity index (χ0) is 16.2. The van der Waals surface area contributed by atoms with E-state index in [9.17, 15) is 4.79 Å². The van der Waals surface area contributed by atoms with Gasteiger partial charge in [-0.05, 0) is 38.1 Å². The number of aromatic nitrogens is 4. The van der Waals surface area contributed by atoms with Crippen LogP contribution >= 0.6 is 0 Å².